The first kappa shape index (κ1) is 26.6. The molecule has 1 aromatic heterocycles. The molecule has 196 valence electrons. The van der Waals surface area contributed by atoms with E-state index in [1.807, 2.05) is 19.9 Å². The van der Waals surface area contributed by atoms with Gasteiger partial charge in [-0.25, -0.2) is 19.4 Å². The van der Waals surface area contributed by atoms with Crippen molar-refractivity contribution in [3.63, 3.8) is 0 Å². The van der Waals surface area contributed by atoms with Crippen molar-refractivity contribution >= 4 is 17.9 Å². The van der Waals surface area contributed by atoms with Crippen LogP contribution < -0.4 is 0 Å². The molecule has 1 saturated heterocycles. The van der Waals surface area contributed by atoms with Gasteiger partial charge in [0.25, 0.3) is 0 Å². The van der Waals surface area contributed by atoms with Gasteiger partial charge in [-0.15, -0.1) is 0 Å². The van der Waals surface area contributed by atoms with E-state index in [0.29, 0.717) is 11.1 Å². The number of nitrogens with zero attached hydrogens (tertiary/aromatic N) is 3. The van der Waals surface area contributed by atoms with Crippen LogP contribution in [0, 0.1) is 25.2 Å². The SMILES string of the molecule is COC(=O)c1c(CC#N)ncn1[C@@H]1C[C@H](OC(=O)c2ccc(C)cc2)[C@@H](COC(=O)c2ccc(C)cc2)O1. The average Bonchev–Trinajstić information content (AvgIpc) is 3.51. The summed E-state index contributed by atoms with van der Waals surface area (Å²) < 4.78 is 23.7. The first-order valence-electron chi connectivity index (χ1n) is 12.0. The summed E-state index contributed by atoms with van der Waals surface area (Å²) in [6.07, 6.45) is -0.987. The van der Waals surface area contributed by atoms with Crippen LogP contribution in [-0.4, -0.2) is 53.4 Å². The lowest BCUT2D eigenvalue weighted by Crippen LogP contribution is -2.32. The molecule has 38 heavy (non-hydrogen) atoms. The Labute approximate surface area is 219 Å². The quantitative estimate of drug-likeness (QED) is 0.324. The molecule has 1 aliphatic heterocycles. The van der Waals surface area contributed by atoms with Gasteiger partial charge in [-0.2, -0.15) is 5.26 Å². The highest BCUT2D eigenvalue weighted by atomic mass is 16.6. The van der Waals surface area contributed by atoms with Crippen LogP contribution in [0.5, 0.6) is 0 Å². The van der Waals surface area contributed by atoms with Gasteiger partial charge in [0.15, 0.2) is 5.69 Å². The van der Waals surface area contributed by atoms with Gasteiger partial charge < -0.3 is 18.9 Å². The van der Waals surface area contributed by atoms with Crippen LogP contribution in [0.1, 0.15) is 60.7 Å². The lowest BCUT2D eigenvalue weighted by Gasteiger charge is -2.19. The molecule has 0 amide bonds. The first-order chi connectivity index (χ1) is 18.3. The van der Waals surface area contributed by atoms with Gasteiger partial charge >= 0.3 is 17.9 Å². The number of rotatable bonds is 8. The van der Waals surface area contributed by atoms with Gasteiger partial charge in [-0.05, 0) is 38.1 Å². The van der Waals surface area contributed by atoms with Gasteiger partial charge in [0, 0.05) is 6.42 Å². The van der Waals surface area contributed by atoms with Crippen LogP contribution >= 0.6 is 0 Å². The average molecular weight is 518 g/mol. The zero-order valence-corrected chi connectivity index (χ0v) is 21.2. The van der Waals surface area contributed by atoms with E-state index in [0.717, 1.165) is 11.1 Å². The number of hydrogen-bond donors (Lipinski definition) is 0. The summed E-state index contributed by atoms with van der Waals surface area (Å²) in [4.78, 5) is 42.2. The Hall–Kier alpha value is -4.49. The third-order valence-electron chi connectivity index (χ3n) is 6.20. The van der Waals surface area contributed by atoms with Crippen molar-refractivity contribution in [2.75, 3.05) is 13.7 Å². The van der Waals surface area contributed by atoms with Crippen LogP contribution in [0.2, 0.25) is 0 Å². The maximum Gasteiger partial charge on any atom is 0.356 e. The van der Waals surface area contributed by atoms with E-state index in [4.69, 9.17) is 24.2 Å². The molecule has 0 saturated carbocycles. The Bertz CT molecular complexity index is 1360. The molecule has 2 heterocycles. The van der Waals surface area contributed by atoms with E-state index in [2.05, 4.69) is 4.98 Å². The molecule has 10 nitrogen and oxygen atoms in total. The highest BCUT2D eigenvalue weighted by Crippen LogP contribution is 2.33. The van der Waals surface area contributed by atoms with E-state index in [9.17, 15) is 14.4 Å². The van der Waals surface area contributed by atoms with E-state index in [1.54, 1.807) is 48.5 Å². The summed E-state index contributed by atoms with van der Waals surface area (Å²) >= 11 is 0. The van der Waals surface area contributed by atoms with E-state index < -0.39 is 36.3 Å². The Morgan fingerprint density at radius 2 is 1.61 bits per heavy atom. The Kier molecular flexibility index (Phi) is 8.19. The molecule has 3 aromatic rings. The Morgan fingerprint density at radius 1 is 1.00 bits per heavy atom. The van der Waals surface area contributed by atoms with Crippen molar-refractivity contribution in [2.45, 2.75) is 45.1 Å². The second kappa shape index (κ2) is 11.7. The molecular weight excluding hydrogens is 490 g/mol. The standard InChI is InChI=1S/C28H27N3O7/c1-17-4-8-19(9-5-17)26(32)36-15-23-22(38-27(33)20-10-6-18(2)7-11-20)14-24(37-23)31-16-30-21(12-13-29)25(31)28(34)35-3/h4-11,16,22-24H,12,14-15H2,1-3H3/t22-,23+,24-/m0/s1. The molecule has 4 rings (SSSR count). The number of aryl methyl sites for hydroxylation is 2. The highest BCUT2D eigenvalue weighted by Gasteiger charge is 2.41. The number of carbonyl (C=O) groups is 3. The predicted molar refractivity (Wildman–Crippen MR) is 133 cm³/mol. The van der Waals surface area contributed by atoms with Crippen molar-refractivity contribution in [3.8, 4) is 6.07 Å². The van der Waals surface area contributed by atoms with Crippen LogP contribution in [0.25, 0.3) is 0 Å². The number of benzene rings is 2. The minimum absolute atomic E-state index is 0.0694. The molecule has 1 aliphatic rings. The number of methoxy groups -OCH3 is 1. The number of imidazole rings is 1. The van der Waals surface area contributed by atoms with Gasteiger partial charge in [0.1, 0.15) is 25.0 Å². The summed E-state index contributed by atoms with van der Waals surface area (Å²) in [7, 11) is 1.23. The zero-order valence-electron chi connectivity index (χ0n) is 21.2. The molecule has 3 atom stereocenters. The Balaban J connectivity index is 1.56. The van der Waals surface area contributed by atoms with E-state index in [1.165, 1.54) is 18.0 Å². The number of ether oxygens (including phenoxy) is 4. The molecule has 0 N–H and O–H groups in total. The number of hydrogen-bond acceptors (Lipinski definition) is 9. The summed E-state index contributed by atoms with van der Waals surface area (Å²) in [5.74, 6) is -1.79. The molecule has 0 aliphatic carbocycles. The Morgan fingerprint density at radius 3 is 2.18 bits per heavy atom. The maximum absolute atomic E-state index is 12.9. The van der Waals surface area contributed by atoms with Crippen molar-refractivity contribution < 1.29 is 33.3 Å². The summed E-state index contributed by atoms with van der Waals surface area (Å²) in [6, 6.07) is 15.8. The van der Waals surface area contributed by atoms with Crippen molar-refractivity contribution in [3.05, 3.63) is 88.5 Å². The lowest BCUT2D eigenvalue weighted by atomic mass is 10.1. The van der Waals surface area contributed by atoms with Gasteiger partial charge in [0.2, 0.25) is 0 Å². The second-order valence-corrected chi connectivity index (χ2v) is 8.91. The van der Waals surface area contributed by atoms with Gasteiger partial charge in [-0.1, -0.05) is 35.4 Å². The van der Waals surface area contributed by atoms with Crippen molar-refractivity contribution in [1.82, 2.24) is 9.55 Å². The molecule has 2 aromatic carbocycles. The lowest BCUT2D eigenvalue weighted by molar-refractivity contribution is -0.0577. The van der Waals surface area contributed by atoms with Gasteiger partial charge in [-0.3, -0.25) is 4.57 Å². The number of nitriles is 1. The summed E-state index contributed by atoms with van der Waals surface area (Å²) in [5.41, 5.74) is 3.05. The normalized spacial score (nSPS) is 18.4. The fourth-order valence-electron chi connectivity index (χ4n) is 4.11. The highest BCUT2D eigenvalue weighted by molar-refractivity contribution is 5.90. The monoisotopic (exact) mass is 517 g/mol. The molecular formula is C28H27N3O7. The smallest absolute Gasteiger partial charge is 0.356 e. The fourth-order valence-corrected chi connectivity index (χ4v) is 4.11. The molecule has 10 heteroatoms. The van der Waals surface area contributed by atoms with Crippen molar-refractivity contribution in [2.24, 2.45) is 0 Å². The largest absolute Gasteiger partial charge is 0.464 e. The topological polar surface area (TPSA) is 130 Å². The van der Waals surface area contributed by atoms with Crippen LogP contribution in [0.4, 0.5) is 0 Å². The number of carbonyl (C=O) groups excluding carboxylic acids is 3. The molecule has 0 unspecified atom stereocenters. The second-order valence-electron chi connectivity index (χ2n) is 8.91. The summed E-state index contributed by atoms with van der Waals surface area (Å²) in [5, 5.41) is 9.12. The predicted octanol–water partition coefficient (Wildman–Crippen LogP) is 3.72. The van der Waals surface area contributed by atoms with Crippen molar-refractivity contribution in [1.29, 1.82) is 5.26 Å². The van der Waals surface area contributed by atoms with Crippen LogP contribution in [0.15, 0.2) is 54.9 Å². The molecule has 0 radical (unpaired) electrons. The number of aromatic nitrogens is 2. The van der Waals surface area contributed by atoms with E-state index >= 15 is 0 Å². The first-order valence-corrected chi connectivity index (χ1v) is 12.0. The number of esters is 3. The van der Waals surface area contributed by atoms with Gasteiger partial charge in [0.05, 0.1) is 42.7 Å². The summed E-state index contributed by atoms with van der Waals surface area (Å²) in [6.45, 7) is 3.63. The third kappa shape index (κ3) is 5.90. The molecule has 1 fully saturated rings. The minimum atomic E-state index is -0.823. The minimum Gasteiger partial charge on any atom is -0.464 e. The van der Waals surface area contributed by atoms with Crippen LogP contribution in [-0.2, 0) is 25.4 Å². The van der Waals surface area contributed by atoms with E-state index in [-0.39, 0.29) is 30.8 Å². The fraction of sp³-hybridized carbons (Fsp3) is 0.321. The molecule has 0 bridgehead atoms. The zero-order chi connectivity index (χ0) is 27.2. The third-order valence-corrected chi connectivity index (χ3v) is 6.20. The van der Waals surface area contributed by atoms with Crippen LogP contribution in [0.3, 0.4) is 0 Å². The maximum atomic E-state index is 12.9. The molecule has 0 spiro atoms.